The Morgan fingerprint density at radius 1 is 1.60 bits per heavy atom. The summed E-state index contributed by atoms with van der Waals surface area (Å²) in [6.45, 7) is 1.08. The molecule has 0 radical (unpaired) electrons. The first-order valence-electron chi connectivity index (χ1n) is 2.32. The second-order valence-electron chi connectivity index (χ2n) is 1.22. The number of guanidine groups is 1. The minimum Gasteiger partial charge on any atom is -0.481 e. The molecule has 0 heterocycles. The van der Waals surface area contributed by atoms with Gasteiger partial charge >= 0.3 is 0 Å². The van der Waals surface area contributed by atoms with Crippen LogP contribution in [-0.2, 0) is 9.63 Å². The van der Waals surface area contributed by atoms with Crippen LogP contribution in [0.5, 0.6) is 0 Å². The van der Waals surface area contributed by atoms with E-state index in [1.165, 1.54) is 7.11 Å². The van der Waals surface area contributed by atoms with Crippen LogP contribution in [0.15, 0.2) is 5.16 Å². The third-order valence-corrected chi connectivity index (χ3v) is 0.197. The average molecular weight is 149 g/mol. The standard InChI is InChI=1S/C2H7N3O.C2H4O2/c1-6-5-2(3)4;1-2(3)4/h1H3,(H4,3,4,5);1H3,(H,3,4). The Bertz CT molecular complexity index is 115. The van der Waals surface area contributed by atoms with Crippen molar-refractivity contribution < 1.29 is 14.7 Å². The number of carboxylic acids is 1. The first-order chi connectivity index (χ1) is 4.50. The average Bonchev–Trinajstić information content (AvgIpc) is 1.62. The van der Waals surface area contributed by atoms with E-state index in [0.29, 0.717) is 0 Å². The summed E-state index contributed by atoms with van der Waals surface area (Å²) in [4.78, 5) is 13.1. The first-order valence-corrected chi connectivity index (χ1v) is 2.32. The summed E-state index contributed by atoms with van der Waals surface area (Å²) >= 11 is 0. The van der Waals surface area contributed by atoms with Crippen LogP contribution < -0.4 is 11.5 Å². The van der Waals surface area contributed by atoms with Crippen LogP contribution in [0, 0.1) is 0 Å². The zero-order valence-corrected chi connectivity index (χ0v) is 5.87. The van der Waals surface area contributed by atoms with Crippen LogP contribution >= 0.6 is 0 Å². The number of nitrogens with two attached hydrogens (primary N) is 2. The van der Waals surface area contributed by atoms with Crippen LogP contribution in [-0.4, -0.2) is 24.1 Å². The molecule has 0 spiro atoms. The van der Waals surface area contributed by atoms with E-state index in [1.807, 2.05) is 0 Å². The number of carbonyl (C=O) groups is 1. The number of oxime groups is 1. The molecule has 60 valence electrons. The number of carboxylic acid groups (broad SMARTS) is 1. The van der Waals surface area contributed by atoms with Gasteiger partial charge in [0.1, 0.15) is 7.11 Å². The lowest BCUT2D eigenvalue weighted by molar-refractivity contribution is -0.134. The number of rotatable bonds is 1. The quantitative estimate of drug-likeness (QED) is 0.249. The molecule has 0 aliphatic carbocycles. The van der Waals surface area contributed by atoms with Gasteiger partial charge in [0.05, 0.1) is 0 Å². The van der Waals surface area contributed by atoms with Crippen molar-refractivity contribution in [1.82, 2.24) is 0 Å². The second kappa shape index (κ2) is 7.54. The number of nitrogens with zero attached hydrogens (tertiary/aromatic N) is 1. The molecule has 0 saturated heterocycles. The molecule has 0 bridgehead atoms. The predicted molar refractivity (Wildman–Crippen MR) is 36.1 cm³/mol. The van der Waals surface area contributed by atoms with Crippen molar-refractivity contribution >= 4 is 11.9 Å². The molecule has 0 aliphatic rings. The maximum atomic E-state index is 9.00. The van der Waals surface area contributed by atoms with E-state index in [-0.39, 0.29) is 5.96 Å². The fourth-order valence-electron chi connectivity index (χ4n) is 0.105. The summed E-state index contributed by atoms with van der Waals surface area (Å²) in [7, 11) is 1.37. The minimum absolute atomic E-state index is 0.0579. The Balaban J connectivity index is 0. The van der Waals surface area contributed by atoms with E-state index in [4.69, 9.17) is 21.4 Å². The Kier molecular flexibility index (Phi) is 8.56. The molecule has 0 aromatic heterocycles. The van der Waals surface area contributed by atoms with Gasteiger partial charge in [0.25, 0.3) is 5.97 Å². The minimum atomic E-state index is -0.833. The van der Waals surface area contributed by atoms with Gasteiger partial charge in [-0.25, -0.2) is 0 Å². The van der Waals surface area contributed by atoms with E-state index in [0.717, 1.165) is 6.92 Å². The highest BCUT2D eigenvalue weighted by molar-refractivity contribution is 5.74. The molecule has 0 unspecified atom stereocenters. The van der Waals surface area contributed by atoms with Gasteiger partial charge in [-0.05, 0) is 5.16 Å². The van der Waals surface area contributed by atoms with Crippen molar-refractivity contribution in [2.24, 2.45) is 16.6 Å². The molecule has 0 aromatic carbocycles. The Hall–Kier alpha value is -1.46. The molecule has 0 fully saturated rings. The largest absolute Gasteiger partial charge is 0.481 e. The zero-order chi connectivity index (χ0) is 8.57. The fraction of sp³-hybridized carbons (Fsp3) is 0.500. The number of aliphatic carboxylic acids is 1. The third-order valence-electron chi connectivity index (χ3n) is 0.197. The van der Waals surface area contributed by atoms with Crippen molar-refractivity contribution in [2.45, 2.75) is 6.92 Å². The lowest BCUT2D eigenvalue weighted by Gasteiger charge is -1.84. The molecule has 0 aliphatic heterocycles. The first kappa shape index (κ1) is 11.4. The summed E-state index contributed by atoms with van der Waals surface area (Å²) in [6, 6.07) is 0. The van der Waals surface area contributed by atoms with E-state index in [1.54, 1.807) is 0 Å². The molecule has 0 amide bonds. The Morgan fingerprint density at radius 2 is 1.90 bits per heavy atom. The topological polar surface area (TPSA) is 111 Å². The van der Waals surface area contributed by atoms with E-state index >= 15 is 0 Å². The molecule has 0 rings (SSSR count). The maximum absolute atomic E-state index is 9.00. The molecular weight excluding hydrogens is 138 g/mol. The van der Waals surface area contributed by atoms with Crippen LogP contribution in [0.4, 0.5) is 0 Å². The fourth-order valence-corrected chi connectivity index (χ4v) is 0.105. The summed E-state index contributed by atoms with van der Waals surface area (Å²) in [5, 5.41) is 10.5. The molecular formula is C4H11N3O3. The summed E-state index contributed by atoms with van der Waals surface area (Å²) in [5.74, 6) is -0.891. The second-order valence-corrected chi connectivity index (χ2v) is 1.22. The van der Waals surface area contributed by atoms with Crippen molar-refractivity contribution in [3.63, 3.8) is 0 Å². The van der Waals surface area contributed by atoms with E-state index in [9.17, 15) is 0 Å². The summed E-state index contributed by atoms with van der Waals surface area (Å²) in [5.41, 5.74) is 9.61. The molecule has 6 nitrogen and oxygen atoms in total. The molecule has 5 N–H and O–H groups in total. The highest BCUT2D eigenvalue weighted by atomic mass is 16.6. The van der Waals surface area contributed by atoms with Gasteiger partial charge < -0.3 is 21.4 Å². The molecule has 6 heteroatoms. The highest BCUT2D eigenvalue weighted by Crippen LogP contribution is 1.58. The van der Waals surface area contributed by atoms with Gasteiger partial charge in [0.2, 0.25) is 5.96 Å². The maximum Gasteiger partial charge on any atom is 0.300 e. The van der Waals surface area contributed by atoms with Crippen LogP contribution in [0.3, 0.4) is 0 Å². The van der Waals surface area contributed by atoms with Gasteiger partial charge in [-0.15, -0.1) is 0 Å². The molecule has 0 atom stereocenters. The SMILES string of the molecule is CC(=O)O.CON=C(N)N. The van der Waals surface area contributed by atoms with Gasteiger partial charge in [0.15, 0.2) is 0 Å². The van der Waals surface area contributed by atoms with Gasteiger partial charge in [-0.2, -0.15) is 0 Å². The number of hydrogen-bond acceptors (Lipinski definition) is 3. The Labute approximate surface area is 58.4 Å². The third kappa shape index (κ3) is 84.6. The van der Waals surface area contributed by atoms with Gasteiger partial charge in [-0.1, -0.05) is 0 Å². The monoisotopic (exact) mass is 149 g/mol. The van der Waals surface area contributed by atoms with Gasteiger partial charge in [-0.3, -0.25) is 4.79 Å². The molecule has 10 heavy (non-hydrogen) atoms. The van der Waals surface area contributed by atoms with Crippen molar-refractivity contribution in [3.05, 3.63) is 0 Å². The van der Waals surface area contributed by atoms with Crippen molar-refractivity contribution in [1.29, 1.82) is 0 Å². The van der Waals surface area contributed by atoms with Crippen LogP contribution in [0.25, 0.3) is 0 Å². The van der Waals surface area contributed by atoms with Crippen molar-refractivity contribution in [3.8, 4) is 0 Å². The summed E-state index contributed by atoms with van der Waals surface area (Å²) < 4.78 is 0. The lowest BCUT2D eigenvalue weighted by Crippen LogP contribution is -2.22. The molecule has 0 saturated carbocycles. The highest BCUT2D eigenvalue weighted by Gasteiger charge is 1.69. The van der Waals surface area contributed by atoms with Crippen LogP contribution in [0.1, 0.15) is 6.92 Å². The smallest absolute Gasteiger partial charge is 0.300 e. The normalized spacial score (nSPS) is 6.60. The van der Waals surface area contributed by atoms with E-state index < -0.39 is 5.97 Å². The number of hydrogen-bond donors (Lipinski definition) is 3. The van der Waals surface area contributed by atoms with Gasteiger partial charge in [0, 0.05) is 6.92 Å². The zero-order valence-electron chi connectivity index (χ0n) is 5.87. The van der Waals surface area contributed by atoms with Crippen LogP contribution in [0.2, 0.25) is 0 Å². The summed E-state index contributed by atoms with van der Waals surface area (Å²) in [6.07, 6.45) is 0. The predicted octanol–water partition coefficient (Wildman–Crippen LogP) is -1.09. The van der Waals surface area contributed by atoms with Crippen molar-refractivity contribution in [2.75, 3.05) is 7.11 Å². The lowest BCUT2D eigenvalue weighted by atomic mass is 10.9. The Morgan fingerprint density at radius 3 is 1.90 bits per heavy atom. The molecule has 0 aromatic rings. The van der Waals surface area contributed by atoms with E-state index in [2.05, 4.69) is 9.99 Å².